The highest BCUT2D eigenvalue weighted by atomic mass is 32.2. The Labute approximate surface area is 151 Å². The number of para-hydroxylation sites is 1. The first-order valence-corrected chi connectivity index (χ1v) is 9.02. The number of thioether (sulfide) groups is 1. The van der Waals surface area contributed by atoms with Gasteiger partial charge < -0.3 is 4.74 Å². The Balaban J connectivity index is 1.81. The fourth-order valence-corrected chi connectivity index (χ4v) is 3.32. The maximum absolute atomic E-state index is 12.6. The lowest BCUT2D eigenvalue weighted by molar-refractivity contribution is -0.123. The zero-order valence-corrected chi connectivity index (χ0v) is 14.8. The third kappa shape index (κ3) is 4.12. The van der Waals surface area contributed by atoms with Gasteiger partial charge in [-0.25, -0.2) is 0 Å². The molecule has 1 aliphatic heterocycles. The first-order chi connectivity index (χ1) is 12.2. The number of benzene rings is 2. The van der Waals surface area contributed by atoms with Crippen LogP contribution in [0.25, 0.3) is 6.08 Å². The van der Waals surface area contributed by atoms with Crippen LogP contribution in [0.4, 0.5) is 4.79 Å². The van der Waals surface area contributed by atoms with Crippen LogP contribution in [-0.2, 0) is 11.3 Å². The third-order valence-corrected chi connectivity index (χ3v) is 4.63. The fraction of sp³-hybridized carbons (Fsp3) is 0.200. The Bertz CT molecular complexity index is 802. The molecule has 1 heterocycles. The van der Waals surface area contributed by atoms with Crippen LogP contribution in [0.15, 0.2) is 59.5 Å². The summed E-state index contributed by atoms with van der Waals surface area (Å²) < 4.78 is 5.72. The second-order valence-electron chi connectivity index (χ2n) is 5.64. The summed E-state index contributed by atoms with van der Waals surface area (Å²) in [4.78, 5) is 26.6. The topological polar surface area (TPSA) is 46.6 Å². The van der Waals surface area contributed by atoms with E-state index in [0.29, 0.717) is 11.5 Å². The minimum atomic E-state index is -0.260. The minimum Gasteiger partial charge on any atom is -0.493 e. The molecule has 0 atom stereocenters. The third-order valence-electron chi connectivity index (χ3n) is 3.72. The van der Waals surface area contributed by atoms with Crippen LogP contribution in [0.5, 0.6) is 5.75 Å². The van der Waals surface area contributed by atoms with E-state index >= 15 is 0 Å². The van der Waals surface area contributed by atoms with Crippen molar-refractivity contribution in [2.24, 2.45) is 0 Å². The summed E-state index contributed by atoms with van der Waals surface area (Å²) in [5, 5.41) is -0.243. The molecule has 0 aromatic heterocycles. The summed E-state index contributed by atoms with van der Waals surface area (Å²) in [6.07, 6.45) is 2.64. The standard InChI is InChI=1S/C20H19NO3S/c1-2-12-24-17-11-7-6-10-16(17)13-18-19(22)21(20(23)25-18)14-15-8-4-3-5-9-15/h3-11,13H,2,12,14H2,1H3/b18-13+. The van der Waals surface area contributed by atoms with Gasteiger partial charge >= 0.3 is 0 Å². The normalized spacial score (nSPS) is 15.9. The molecule has 1 saturated heterocycles. The molecule has 0 bridgehead atoms. The van der Waals surface area contributed by atoms with Gasteiger partial charge in [-0.2, -0.15) is 0 Å². The molecule has 0 saturated carbocycles. The van der Waals surface area contributed by atoms with Gasteiger partial charge in [0.15, 0.2) is 0 Å². The SMILES string of the molecule is CCCOc1ccccc1/C=C1/SC(=O)N(Cc2ccccc2)C1=O. The molecule has 25 heavy (non-hydrogen) atoms. The molecule has 0 unspecified atom stereocenters. The van der Waals surface area contributed by atoms with Gasteiger partial charge in [0.05, 0.1) is 18.1 Å². The Kier molecular flexibility index (Phi) is 5.56. The molecule has 0 radical (unpaired) electrons. The summed E-state index contributed by atoms with van der Waals surface area (Å²) >= 11 is 0.971. The Morgan fingerprint density at radius 1 is 1.04 bits per heavy atom. The largest absolute Gasteiger partial charge is 0.493 e. The molecule has 2 aromatic carbocycles. The van der Waals surface area contributed by atoms with E-state index in [-0.39, 0.29) is 17.7 Å². The zero-order chi connectivity index (χ0) is 17.6. The van der Waals surface area contributed by atoms with Crippen LogP contribution in [0.1, 0.15) is 24.5 Å². The van der Waals surface area contributed by atoms with Crippen molar-refractivity contribution in [2.75, 3.05) is 6.61 Å². The van der Waals surface area contributed by atoms with Crippen molar-refractivity contribution in [1.29, 1.82) is 0 Å². The monoisotopic (exact) mass is 353 g/mol. The molecule has 4 nitrogen and oxygen atoms in total. The van der Waals surface area contributed by atoms with Gasteiger partial charge in [-0.3, -0.25) is 14.5 Å². The lowest BCUT2D eigenvalue weighted by Crippen LogP contribution is -2.27. The van der Waals surface area contributed by atoms with Crippen LogP contribution < -0.4 is 4.74 Å². The number of nitrogens with zero attached hydrogens (tertiary/aromatic N) is 1. The van der Waals surface area contributed by atoms with Crippen LogP contribution in [0, 0.1) is 0 Å². The number of rotatable bonds is 6. The van der Waals surface area contributed by atoms with Crippen molar-refractivity contribution in [3.8, 4) is 5.75 Å². The number of carbonyl (C=O) groups is 2. The molecule has 1 aliphatic rings. The number of hydrogen-bond acceptors (Lipinski definition) is 4. The van der Waals surface area contributed by atoms with Crippen molar-refractivity contribution in [1.82, 2.24) is 4.90 Å². The highest BCUT2D eigenvalue weighted by Crippen LogP contribution is 2.34. The first kappa shape index (κ1) is 17.3. The number of ether oxygens (including phenoxy) is 1. The zero-order valence-electron chi connectivity index (χ0n) is 14.0. The van der Waals surface area contributed by atoms with E-state index in [1.165, 1.54) is 4.90 Å². The molecule has 2 aromatic rings. The van der Waals surface area contributed by atoms with Gasteiger partial charge in [0.2, 0.25) is 0 Å². The molecule has 2 amide bonds. The molecule has 0 spiro atoms. The van der Waals surface area contributed by atoms with Crippen LogP contribution >= 0.6 is 11.8 Å². The maximum Gasteiger partial charge on any atom is 0.293 e. The number of hydrogen-bond donors (Lipinski definition) is 0. The van der Waals surface area contributed by atoms with E-state index in [4.69, 9.17) is 4.74 Å². The Morgan fingerprint density at radius 3 is 2.52 bits per heavy atom. The second kappa shape index (κ2) is 8.03. The fourth-order valence-electron chi connectivity index (χ4n) is 2.49. The van der Waals surface area contributed by atoms with Gasteiger partial charge in [0.25, 0.3) is 11.1 Å². The number of carbonyl (C=O) groups excluding carboxylic acids is 2. The Morgan fingerprint density at radius 2 is 1.76 bits per heavy atom. The maximum atomic E-state index is 12.6. The average molecular weight is 353 g/mol. The minimum absolute atomic E-state index is 0.243. The van der Waals surface area contributed by atoms with E-state index in [1.54, 1.807) is 6.08 Å². The molecule has 3 rings (SSSR count). The smallest absolute Gasteiger partial charge is 0.293 e. The number of amides is 2. The highest BCUT2D eigenvalue weighted by Gasteiger charge is 2.35. The quantitative estimate of drug-likeness (QED) is 0.706. The summed E-state index contributed by atoms with van der Waals surface area (Å²) in [6, 6.07) is 17.0. The molecule has 0 aliphatic carbocycles. The van der Waals surface area contributed by atoms with Gasteiger partial charge in [0, 0.05) is 5.56 Å². The van der Waals surface area contributed by atoms with E-state index in [0.717, 1.165) is 35.1 Å². The summed E-state index contributed by atoms with van der Waals surface area (Å²) in [7, 11) is 0. The van der Waals surface area contributed by atoms with Gasteiger partial charge in [-0.05, 0) is 35.9 Å². The van der Waals surface area contributed by atoms with Crippen LogP contribution in [-0.4, -0.2) is 22.7 Å². The lowest BCUT2D eigenvalue weighted by atomic mass is 10.1. The van der Waals surface area contributed by atoms with Crippen LogP contribution in [0.3, 0.4) is 0 Å². The van der Waals surface area contributed by atoms with Gasteiger partial charge in [0.1, 0.15) is 5.75 Å². The van der Waals surface area contributed by atoms with Crippen molar-refractivity contribution >= 4 is 29.0 Å². The van der Waals surface area contributed by atoms with Crippen molar-refractivity contribution in [2.45, 2.75) is 19.9 Å². The Hall–Kier alpha value is -2.53. The number of imide groups is 1. The summed E-state index contributed by atoms with van der Waals surface area (Å²) in [5.74, 6) is 0.461. The van der Waals surface area contributed by atoms with E-state index in [2.05, 4.69) is 0 Å². The van der Waals surface area contributed by atoms with Crippen molar-refractivity contribution in [3.63, 3.8) is 0 Å². The van der Waals surface area contributed by atoms with Gasteiger partial charge in [-0.1, -0.05) is 55.5 Å². The van der Waals surface area contributed by atoms with Gasteiger partial charge in [-0.15, -0.1) is 0 Å². The van der Waals surface area contributed by atoms with E-state index in [9.17, 15) is 9.59 Å². The molecular weight excluding hydrogens is 334 g/mol. The summed E-state index contributed by atoms with van der Waals surface area (Å²) in [6.45, 7) is 2.94. The summed E-state index contributed by atoms with van der Waals surface area (Å²) in [5.41, 5.74) is 1.74. The highest BCUT2D eigenvalue weighted by molar-refractivity contribution is 8.18. The molecule has 128 valence electrons. The molecular formula is C20H19NO3S. The van der Waals surface area contributed by atoms with E-state index < -0.39 is 0 Å². The predicted octanol–water partition coefficient (Wildman–Crippen LogP) is 4.71. The van der Waals surface area contributed by atoms with Crippen LogP contribution in [0.2, 0.25) is 0 Å². The first-order valence-electron chi connectivity index (χ1n) is 8.20. The van der Waals surface area contributed by atoms with Crippen molar-refractivity contribution < 1.29 is 14.3 Å². The van der Waals surface area contributed by atoms with E-state index in [1.807, 2.05) is 61.5 Å². The van der Waals surface area contributed by atoms with Crippen molar-refractivity contribution in [3.05, 3.63) is 70.6 Å². The molecule has 5 heteroatoms. The lowest BCUT2D eigenvalue weighted by Gasteiger charge is -2.12. The predicted molar refractivity (Wildman–Crippen MR) is 100 cm³/mol. The molecule has 0 N–H and O–H groups in total. The molecule has 1 fully saturated rings. The second-order valence-corrected chi connectivity index (χ2v) is 6.63. The average Bonchev–Trinajstić information content (AvgIpc) is 2.89.